The molecule has 0 unspecified atom stereocenters. The number of alkyl halides is 1. The molecule has 0 bridgehead atoms. The maximum Gasteiger partial charge on any atom is 0.411 e. The van der Waals surface area contributed by atoms with Crippen LogP contribution in [0.5, 0.6) is 0 Å². The van der Waals surface area contributed by atoms with Gasteiger partial charge in [0.1, 0.15) is 11.9 Å². The van der Waals surface area contributed by atoms with Crippen LogP contribution in [0.1, 0.15) is 69.4 Å². The molecule has 3 heterocycles. The number of aromatic nitrogens is 5. The Kier molecular flexibility index (Phi) is 5.43. The zero-order valence-corrected chi connectivity index (χ0v) is 20.0. The van der Waals surface area contributed by atoms with Crippen LogP contribution in [0.4, 0.5) is 4.79 Å². The van der Waals surface area contributed by atoms with Gasteiger partial charge in [-0.2, -0.15) is 5.10 Å². The zero-order valence-electron chi connectivity index (χ0n) is 19.2. The minimum Gasteiger partial charge on any atom is -0.444 e. The Hall–Kier alpha value is -2.87. The summed E-state index contributed by atoms with van der Waals surface area (Å²) in [4.78, 5) is 14.2. The lowest BCUT2D eigenvalue weighted by molar-refractivity contribution is 0.0214. The van der Waals surface area contributed by atoms with Crippen LogP contribution < -0.4 is 0 Å². The Morgan fingerprint density at radius 1 is 1.21 bits per heavy atom. The number of carbonyl (C=O) groups excluding carboxylic acids is 1. The number of benzene rings is 1. The summed E-state index contributed by atoms with van der Waals surface area (Å²) in [5, 5.41) is 12.7. The fourth-order valence-corrected chi connectivity index (χ4v) is 5.13. The standard InChI is InChI=1S/C24H29ClN6O2/c1-23(2,3)33-22(32)29-14-17-13-18(5-6-20(17)30-16-26-28-21(30)15-29)24(25)9-7-19(8-10-24)31-12-4-11-27-31/h4-6,11-13,16,19H,7-10,14-15H2,1-3H3. The van der Waals surface area contributed by atoms with Crippen molar-refractivity contribution in [1.82, 2.24) is 29.4 Å². The van der Waals surface area contributed by atoms with Crippen molar-refractivity contribution in [3.8, 4) is 5.69 Å². The molecular weight excluding hydrogens is 440 g/mol. The van der Waals surface area contributed by atoms with Crippen LogP contribution in [-0.2, 0) is 22.7 Å². The van der Waals surface area contributed by atoms with Gasteiger partial charge in [-0.25, -0.2) is 4.79 Å². The van der Waals surface area contributed by atoms with Gasteiger partial charge in [-0.05, 0) is 69.7 Å². The lowest BCUT2D eigenvalue weighted by Crippen LogP contribution is -2.36. The van der Waals surface area contributed by atoms with E-state index < -0.39 is 10.5 Å². The lowest BCUT2D eigenvalue weighted by Gasteiger charge is -2.36. The zero-order chi connectivity index (χ0) is 23.2. The van der Waals surface area contributed by atoms with Gasteiger partial charge in [-0.15, -0.1) is 21.8 Å². The van der Waals surface area contributed by atoms with Crippen LogP contribution in [0, 0.1) is 0 Å². The Morgan fingerprint density at radius 2 is 2.00 bits per heavy atom. The second-order valence-electron chi connectivity index (χ2n) is 9.98. The number of carbonyl (C=O) groups is 1. The minimum absolute atomic E-state index is 0.330. The molecule has 0 saturated heterocycles. The fraction of sp³-hybridized carbons (Fsp3) is 0.500. The third-order valence-electron chi connectivity index (χ3n) is 6.47. The van der Waals surface area contributed by atoms with Crippen molar-refractivity contribution in [3.05, 3.63) is 59.9 Å². The highest BCUT2D eigenvalue weighted by atomic mass is 35.5. The average molecular weight is 469 g/mol. The molecule has 0 atom stereocenters. The van der Waals surface area contributed by atoms with Crippen LogP contribution in [0.25, 0.3) is 5.69 Å². The first-order valence-corrected chi connectivity index (χ1v) is 11.8. The predicted octanol–water partition coefficient (Wildman–Crippen LogP) is 4.96. The molecule has 1 amide bonds. The van der Waals surface area contributed by atoms with E-state index in [4.69, 9.17) is 16.3 Å². The monoisotopic (exact) mass is 468 g/mol. The van der Waals surface area contributed by atoms with Crippen molar-refractivity contribution in [1.29, 1.82) is 0 Å². The van der Waals surface area contributed by atoms with Gasteiger partial charge in [0.15, 0.2) is 5.82 Å². The second kappa shape index (κ2) is 8.17. The van der Waals surface area contributed by atoms with E-state index in [1.807, 2.05) is 48.5 Å². The topological polar surface area (TPSA) is 78.1 Å². The van der Waals surface area contributed by atoms with Gasteiger partial charge in [-0.1, -0.05) is 12.1 Å². The molecule has 33 heavy (non-hydrogen) atoms. The summed E-state index contributed by atoms with van der Waals surface area (Å²) in [5.41, 5.74) is 2.48. The maximum absolute atomic E-state index is 12.9. The number of halogens is 1. The quantitative estimate of drug-likeness (QED) is 0.496. The highest BCUT2D eigenvalue weighted by Crippen LogP contribution is 2.46. The van der Waals surface area contributed by atoms with Gasteiger partial charge in [0.25, 0.3) is 0 Å². The molecule has 174 valence electrons. The first kappa shape index (κ1) is 21.9. The highest BCUT2D eigenvalue weighted by Gasteiger charge is 2.37. The molecule has 0 radical (unpaired) electrons. The van der Waals surface area contributed by atoms with Crippen molar-refractivity contribution < 1.29 is 9.53 Å². The summed E-state index contributed by atoms with van der Waals surface area (Å²) in [6.07, 6.45) is 8.86. The summed E-state index contributed by atoms with van der Waals surface area (Å²) in [6.45, 7) is 6.36. The third-order valence-corrected chi connectivity index (χ3v) is 7.06. The van der Waals surface area contributed by atoms with Crippen molar-refractivity contribution in [3.63, 3.8) is 0 Å². The van der Waals surface area contributed by atoms with Gasteiger partial charge < -0.3 is 4.74 Å². The van der Waals surface area contributed by atoms with Crippen molar-refractivity contribution >= 4 is 17.7 Å². The van der Waals surface area contributed by atoms with Gasteiger partial charge in [0, 0.05) is 12.4 Å². The van der Waals surface area contributed by atoms with E-state index in [0.717, 1.165) is 42.5 Å². The molecule has 1 fully saturated rings. The number of hydrogen-bond donors (Lipinski definition) is 0. The van der Waals surface area contributed by atoms with Gasteiger partial charge >= 0.3 is 6.09 Å². The minimum atomic E-state index is -0.574. The first-order chi connectivity index (χ1) is 15.7. The van der Waals surface area contributed by atoms with E-state index in [2.05, 4.69) is 33.5 Å². The van der Waals surface area contributed by atoms with E-state index in [1.165, 1.54) is 0 Å². The largest absolute Gasteiger partial charge is 0.444 e. The van der Waals surface area contributed by atoms with Crippen molar-refractivity contribution in [2.75, 3.05) is 0 Å². The van der Waals surface area contributed by atoms with Crippen LogP contribution in [0.3, 0.4) is 0 Å². The third kappa shape index (κ3) is 4.36. The van der Waals surface area contributed by atoms with Crippen molar-refractivity contribution in [2.24, 2.45) is 0 Å². The second-order valence-corrected chi connectivity index (χ2v) is 10.7. The van der Waals surface area contributed by atoms with Crippen LogP contribution in [0.15, 0.2) is 43.0 Å². The first-order valence-electron chi connectivity index (χ1n) is 11.4. The molecule has 0 spiro atoms. The smallest absolute Gasteiger partial charge is 0.411 e. The number of ether oxygens (including phenoxy) is 1. The molecule has 9 heteroatoms. The van der Waals surface area contributed by atoms with Crippen LogP contribution in [0.2, 0.25) is 0 Å². The van der Waals surface area contributed by atoms with Crippen LogP contribution in [-0.4, -0.2) is 41.1 Å². The molecule has 2 aromatic heterocycles. The SMILES string of the molecule is CC(C)(C)OC(=O)N1Cc2cc(C3(Cl)CCC(n4cccn4)CC3)ccc2-n2cnnc2C1. The Labute approximate surface area is 198 Å². The maximum atomic E-state index is 12.9. The lowest BCUT2D eigenvalue weighted by atomic mass is 9.80. The number of hydrogen-bond acceptors (Lipinski definition) is 5. The molecule has 3 aromatic rings. The molecule has 2 aliphatic rings. The van der Waals surface area contributed by atoms with Gasteiger partial charge in [0.05, 0.1) is 29.7 Å². The summed E-state index contributed by atoms with van der Waals surface area (Å²) < 4.78 is 9.63. The summed E-state index contributed by atoms with van der Waals surface area (Å²) in [6, 6.07) is 8.66. The van der Waals surface area contributed by atoms with E-state index in [1.54, 1.807) is 11.2 Å². The van der Waals surface area contributed by atoms with Crippen LogP contribution >= 0.6 is 11.6 Å². The number of rotatable bonds is 2. The Morgan fingerprint density at radius 3 is 2.70 bits per heavy atom. The summed E-state index contributed by atoms with van der Waals surface area (Å²) in [5.74, 6) is 0.702. The molecule has 8 nitrogen and oxygen atoms in total. The van der Waals surface area contributed by atoms with Gasteiger partial charge in [-0.3, -0.25) is 14.1 Å². The summed E-state index contributed by atoms with van der Waals surface area (Å²) in [7, 11) is 0. The fourth-order valence-electron chi connectivity index (χ4n) is 4.79. The Bertz CT molecular complexity index is 1140. The summed E-state index contributed by atoms with van der Waals surface area (Å²) >= 11 is 7.21. The molecule has 5 rings (SSSR count). The predicted molar refractivity (Wildman–Crippen MR) is 124 cm³/mol. The molecule has 1 saturated carbocycles. The number of fused-ring (bicyclic) bond motifs is 3. The highest BCUT2D eigenvalue weighted by molar-refractivity contribution is 6.24. The van der Waals surface area contributed by atoms with E-state index in [-0.39, 0.29) is 6.09 Å². The number of amides is 1. The normalized spacial score (nSPS) is 22.9. The van der Waals surface area contributed by atoms with E-state index in [9.17, 15) is 4.79 Å². The molecule has 1 aliphatic carbocycles. The van der Waals surface area contributed by atoms with E-state index in [0.29, 0.717) is 25.0 Å². The molecule has 0 N–H and O–H groups in total. The van der Waals surface area contributed by atoms with Gasteiger partial charge in [0.2, 0.25) is 0 Å². The van der Waals surface area contributed by atoms with E-state index >= 15 is 0 Å². The molecular formula is C24H29ClN6O2. The average Bonchev–Trinajstić information content (AvgIpc) is 3.43. The number of nitrogens with zero attached hydrogens (tertiary/aromatic N) is 6. The van der Waals surface area contributed by atoms with Crippen molar-refractivity contribution in [2.45, 2.75) is 76.1 Å². The molecule has 1 aromatic carbocycles. The Balaban J connectivity index is 1.43. The molecule has 1 aliphatic heterocycles.